The van der Waals surface area contributed by atoms with Crippen molar-refractivity contribution < 1.29 is 13.2 Å². The summed E-state index contributed by atoms with van der Waals surface area (Å²) in [6.45, 7) is 4.76. The molecule has 0 saturated carbocycles. The number of sulfonamides is 1. The fourth-order valence-corrected chi connectivity index (χ4v) is 7.09. The quantitative estimate of drug-likeness (QED) is 0.625. The average Bonchev–Trinajstić information content (AvgIpc) is 3.37. The molecule has 3 aromatic rings. The van der Waals surface area contributed by atoms with Gasteiger partial charge in [-0.05, 0) is 55.9 Å². The van der Waals surface area contributed by atoms with Gasteiger partial charge >= 0.3 is 0 Å². The number of imidazole rings is 1. The van der Waals surface area contributed by atoms with Crippen LogP contribution in [-0.2, 0) is 28.9 Å². The lowest BCUT2D eigenvalue weighted by atomic mass is 9.71. The van der Waals surface area contributed by atoms with Crippen molar-refractivity contribution >= 4 is 15.9 Å². The zero-order valence-electron chi connectivity index (χ0n) is 19.8. The molecule has 0 bridgehead atoms. The molecule has 5 rings (SSSR count). The van der Waals surface area contributed by atoms with Crippen molar-refractivity contribution in [2.45, 2.75) is 49.6 Å². The summed E-state index contributed by atoms with van der Waals surface area (Å²) in [4.78, 5) is 17.4. The summed E-state index contributed by atoms with van der Waals surface area (Å²) >= 11 is 0. The number of nitrogens with one attached hydrogen (secondary N) is 1. The number of fused-ring (bicyclic) bond motifs is 2. The summed E-state index contributed by atoms with van der Waals surface area (Å²) in [6, 6.07) is 14.1. The Bertz CT molecular complexity index is 1350. The smallest absolute Gasteiger partial charge is 0.262 e. The minimum Gasteiger partial charge on any atom is -0.348 e. The second-order valence-electron chi connectivity index (χ2n) is 9.64. The molecule has 0 radical (unpaired) electrons. The molecule has 178 valence electrons. The van der Waals surface area contributed by atoms with Crippen LogP contribution in [0, 0.1) is 13.8 Å². The first kappa shape index (κ1) is 22.8. The Hall–Kier alpha value is -2.97. The van der Waals surface area contributed by atoms with E-state index in [0.717, 1.165) is 17.5 Å². The fourth-order valence-electron chi connectivity index (χ4n) is 5.68. The summed E-state index contributed by atoms with van der Waals surface area (Å²) in [5.74, 6) is -0.0711. The Labute approximate surface area is 200 Å². The number of piperidine rings is 1. The summed E-state index contributed by atoms with van der Waals surface area (Å²) in [7, 11) is -1.88. The maximum absolute atomic E-state index is 13.3. The second-order valence-corrected chi connectivity index (χ2v) is 11.5. The van der Waals surface area contributed by atoms with Gasteiger partial charge in [0.25, 0.3) is 15.9 Å². The molecule has 2 aliphatic rings. The first-order valence-corrected chi connectivity index (χ1v) is 13.1. The molecule has 34 heavy (non-hydrogen) atoms. The molecule has 1 aliphatic heterocycles. The van der Waals surface area contributed by atoms with Crippen molar-refractivity contribution in [3.05, 3.63) is 82.8 Å². The molecule has 2 heterocycles. The maximum atomic E-state index is 13.3. The van der Waals surface area contributed by atoms with E-state index in [1.54, 1.807) is 11.6 Å². The van der Waals surface area contributed by atoms with Gasteiger partial charge in [-0.2, -0.15) is 4.31 Å². The lowest BCUT2D eigenvalue weighted by molar-refractivity contribution is 0.0896. The topological polar surface area (TPSA) is 84.3 Å². The number of rotatable bonds is 4. The molecule has 1 amide bonds. The van der Waals surface area contributed by atoms with E-state index in [4.69, 9.17) is 0 Å². The lowest BCUT2D eigenvalue weighted by Gasteiger charge is -2.43. The second kappa shape index (κ2) is 8.36. The number of hydrogen-bond acceptors (Lipinski definition) is 4. The molecule has 7 nitrogen and oxygen atoms in total. The normalized spacial score (nSPS) is 19.8. The molecule has 1 spiro atoms. The molecule has 1 N–H and O–H groups in total. The number of carbonyl (C=O) groups is 1. The van der Waals surface area contributed by atoms with Crippen molar-refractivity contribution in [2.75, 3.05) is 13.1 Å². The molecule has 1 unspecified atom stereocenters. The average molecular weight is 479 g/mol. The van der Waals surface area contributed by atoms with Gasteiger partial charge in [0.2, 0.25) is 0 Å². The van der Waals surface area contributed by atoms with Crippen LogP contribution in [-0.4, -0.2) is 47.3 Å². The number of nitrogens with zero attached hydrogens (tertiary/aromatic N) is 3. The van der Waals surface area contributed by atoms with E-state index >= 15 is 0 Å². The highest BCUT2D eigenvalue weighted by Gasteiger charge is 2.50. The third kappa shape index (κ3) is 3.75. The minimum atomic E-state index is -3.64. The number of aromatic nitrogens is 2. The van der Waals surface area contributed by atoms with Crippen LogP contribution in [0.1, 0.15) is 45.5 Å². The van der Waals surface area contributed by atoms with Crippen LogP contribution in [0.4, 0.5) is 0 Å². The van der Waals surface area contributed by atoms with Gasteiger partial charge in [0.05, 0.1) is 6.33 Å². The number of benzene rings is 2. The van der Waals surface area contributed by atoms with E-state index in [-0.39, 0.29) is 22.4 Å². The van der Waals surface area contributed by atoms with E-state index in [1.165, 1.54) is 28.0 Å². The van der Waals surface area contributed by atoms with Crippen LogP contribution in [0.15, 0.2) is 60.0 Å². The van der Waals surface area contributed by atoms with Gasteiger partial charge in [-0.15, -0.1) is 0 Å². The number of carbonyl (C=O) groups excluding carboxylic acids is 1. The van der Waals surface area contributed by atoms with Crippen molar-refractivity contribution in [2.24, 2.45) is 7.05 Å². The van der Waals surface area contributed by atoms with E-state index in [1.807, 2.05) is 44.2 Å². The Morgan fingerprint density at radius 1 is 1.12 bits per heavy atom. The molecule has 1 aliphatic carbocycles. The standard InChI is InChI=1S/C26H30N4O3S/c1-18-8-9-21(19(2)14-18)25(31)28-23-15-20-6-4-5-7-22(20)26(23)10-12-30(13-11-26)34(32,33)24-16-29(3)17-27-24/h4-9,14,16-17,23H,10-13,15H2,1-3H3,(H,28,31). The highest BCUT2D eigenvalue weighted by atomic mass is 32.2. The highest BCUT2D eigenvalue weighted by molar-refractivity contribution is 7.89. The minimum absolute atomic E-state index is 0.0711. The van der Waals surface area contributed by atoms with E-state index in [0.29, 0.717) is 31.5 Å². The molecular weight excluding hydrogens is 448 g/mol. The van der Waals surface area contributed by atoms with Crippen molar-refractivity contribution in [3.63, 3.8) is 0 Å². The Balaban J connectivity index is 1.42. The molecule has 1 aromatic heterocycles. The largest absolute Gasteiger partial charge is 0.348 e. The van der Waals surface area contributed by atoms with Gasteiger partial charge < -0.3 is 9.88 Å². The van der Waals surface area contributed by atoms with Crippen LogP contribution in [0.5, 0.6) is 0 Å². The van der Waals surface area contributed by atoms with Gasteiger partial charge in [0.1, 0.15) is 0 Å². The molecule has 8 heteroatoms. The van der Waals surface area contributed by atoms with Crippen LogP contribution in [0.2, 0.25) is 0 Å². The Morgan fingerprint density at radius 3 is 2.53 bits per heavy atom. The zero-order valence-corrected chi connectivity index (χ0v) is 20.6. The number of hydrogen-bond donors (Lipinski definition) is 1. The molecular formula is C26H30N4O3S. The van der Waals surface area contributed by atoms with Gasteiger partial charge in [-0.1, -0.05) is 42.0 Å². The predicted octanol–water partition coefficient (Wildman–Crippen LogP) is 3.11. The monoisotopic (exact) mass is 478 g/mol. The third-order valence-electron chi connectivity index (χ3n) is 7.48. The molecule has 1 fully saturated rings. The predicted molar refractivity (Wildman–Crippen MR) is 130 cm³/mol. The zero-order chi connectivity index (χ0) is 24.1. The molecule has 1 saturated heterocycles. The fraction of sp³-hybridized carbons (Fsp3) is 0.385. The SMILES string of the molecule is Cc1ccc(C(=O)NC2Cc3ccccc3C23CCN(S(=O)(=O)c2cn(C)cn2)CC3)c(C)c1. The Kier molecular flexibility index (Phi) is 5.61. The lowest BCUT2D eigenvalue weighted by Crippen LogP contribution is -2.54. The first-order valence-electron chi connectivity index (χ1n) is 11.7. The van der Waals surface area contributed by atoms with Gasteiger partial charge in [0, 0.05) is 43.4 Å². The van der Waals surface area contributed by atoms with Crippen LogP contribution in [0.25, 0.3) is 0 Å². The molecule has 2 aromatic carbocycles. The highest BCUT2D eigenvalue weighted by Crippen LogP contribution is 2.47. The number of amides is 1. The van der Waals surface area contributed by atoms with Gasteiger partial charge in [0.15, 0.2) is 5.03 Å². The third-order valence-corrected chi connectivity index (χ3v) is 9.26. The summed E-state index contributed by atoms with van der Waals surface area (Å²) in [5.41, 5.74) is 4.94. The molecule has 1 atom stereocenters. The Morgan fingerprint density at radius 2 is 1.85 bits per heavy atom. The number of aryl methyl sites for hydroxylation is 3. The van der Waals surface area contributed by atoms with Crippen molar-refractivity contribution in [1.29, 1.82) is 0 Å². The summed E-state index contributed by atoms with van der Waals surface area (Å²) in [6.07, 6.45) is 5.09. The van der Waals surface area contributed by atoms with E-state index in [2.05, 4.69) is 22.4 Å². The van der Waals surface area contributed by atoms with Gasteiger partial charge in [-0.25, -0.2) is 13.4 Å². The first-order chi connectivity index (χ1) is 16.2. The summed E-state index contributed by atoms with van der Waals surface area (Å²) in [5, 5.41) is 3.41. The maximum Gasteiger partial charge on any atom is 0.262 e. The van der Waals surface area contributed by atoms with Crippen LogP contribution >= 0.6 is 0 Å². The van der Waals surface area contributed by atoms with Crippen LogP contribution < -0.4 is 5.32 Å². The van der Waals surface area contributed by atoms with Gasteiger partial charge in [-0.3, -0.25) is 4.79 Å². The van der Waals surface area contributed by atoms with E-state index < -0.39 is 10.0 Å². The summed E-state index contributed by atoms with van der Waals surface area (Å²) < 4.78 is 29.5. The van der Waals surface area contributed by atoms with E-state index in [9.17, 15) is 13.2 Å². The van der Waals surface area contributed by atoms with Crippen molar-refractivity contribution in [3.8, 4) is 0 Å². The van der Waals surface area contributed by atoms with Crippen molar-refractivity contribution in [1.82, 2.24) is 19.2 Å². The van der Waals surface area contributed by atoms with Crippen LogP contribution in [0.3, 0.4) is 0 Å².